The van der Waals surface area contributed by atoms with E-state index in [9.17, 15) is 14.0 Å². The van der Waals surface area contributed by atoms with Gasteiger partial charge in [-0.15, -0.1) is 11.3 Å². The van der Waals surface area contributed by atoms with Gasteiger partial charge in [0.2, 0.25) is 6.79 Å². The third-order valence-electron chi connectivity index (χ3n) is 5.31. The van der Waals surface area contributed by atoms with Crippen LogP contribution in [0.15, 0.2) is 41.2 Å². The molecule has 2 aliphatic rings. The number of nitrogens with zero attached hydrogens (tertiary/aromatic N) is 2. The Morgan fingerprint density at radius 1 is 1.16 bits per heavy atom. The third-order valence-corrected chi connectivity index (χ3v) is 6.44. The van der Waals surface area contributed by atoms with Gasteiger partial charge in [0.05, 0.1) is 15.8 Å². The molecule has 0 spiro atoms. The molecule has 5 rings (SSSR count). The zero-order valence-electron chi connectivity index (χ0n) is 17.5. The van der Waals surface area contributed by atoms with Gasteiger partial charge in [0.15, 0.2) is 11.5 Å². The van der Waals surface area contributed by atoms with Crippen LogP contribution in [-0.2, 0) is 11.3 Å². The largest absolute Gasteiger partial charge is 0.454 e. The summed E-state index contributed by atoms with van der Waals surface area (Å²) >= 11 is 1.25. The fourth-order valence-electron chi connectivity index (χ4n) is 3.72. The second-order valence-electron chi connectivity index (χ2n) is 7.81. The molecule has 0 aliphatic carbocycles. The highest BCUT2D eigenvalue weighted by atomic mass is 32.1. The van der Waals surface area contributed by atoms with Gasteiger partial charge in [-0.3, -0.25) is 14.2 Å². The second-order valence-corrected chi connectivity index (χ2v) is 8.84. The van der Waals surface area contributed by atoms with E-state index in [1.54, 1.807) is 22.8 Å². The smallest absolute Gasteiger partial charge is 0.269 e. The Morgan fingerprint density at radius 3 is 2.78 bits per heavy atom. The SMILES string of the molecule is CN(C)CCn1c(=O)/c(=C/c2ccc3c(c2)OCO3)s/c1=C1\C(=O)Nc2cc(F)ccc21. The fourth-order valence-corrected chi connectivity index (χ4v) is 4.91. The lowest BCUT2D eigenvalue weighted by Gasteiger charge is -2.10. The first-order valence-corrected chi connectivity index (χ1v) is 10.8. The van der Waals surface area contributed by atoms with Crippen LogP contribution in [0, 0.1) is 5.82 Å². The summed E-state index contributed by atoms with van der Waals surface area (Å²) in [5, 5.41) is 2.71. The van der Waals surface area contributed by atoms with Crippen molar-refractivity contribution in [2.45, 2.75) is 6.54 Å². The number of benzene rings is 2. The average molecular weight is 453 g/mol. The van der Waals surface area contributed by atoms with E-state index < -0.39 is 5.82 Å². The van der Waals surface area contributed by atoms with E-state index >= 15 is 0 Å². The number of likely N-dealkylation sites (N-methyl/N-ethyl adjacent to an activating group) is 1. The summed E-state index contributed by atoms with van der Waals surface area (Å²) in [7, 11) is 3.84. The van der Waals surface area contributed by atoms with Crippen LogP contribution in [-0.4, -0.2) is 42.8 Å². The van der Waals surface area contributed by atoms with Crippen molar-refractivity contribution in [1.29, 1.82) is 0 Å². The maximum absolute atomic E-state index is 13.7. The topological polar surface area (TPSA) is 72.8 Å². The number of nitrogens with one attached hydrogen (secondary N) is 1. The zero-order chi connectivity index (χ0) is 22.4. The number of carbonyl (C=O) groups excluding carboxylic acids is 1. The van der Waals surface area contributed by atoms with E-state index in [0.29, 0.717) is 50.6 Å². The predicted octanol–water partition coefficient (Wildman–Crippen LogP) is 1.32. The van der Waals surface area contributed by atoms with Gasteiger partial charge in [0.25, 0.3) is 11.5 Å². The standard InChI is InChI=1S/C23H20FN3O4S/c1-26(2)7-8-27-22(29)19(10-13-3-6-17-18(9-13)31-12-30-17)32-23(27)20-15-5-4-14(24)11-16(15)25-21(20)28/h3-6,9-11H,7-8,12H2,1-2H3,(H,25,28)/b19-10-,23-20-. The molecule has 3 heterocycles. The maximum Gasteiger partial charge on any atom is 0.269 e. The van der Waals surface area contributed by atoms with Gasteiger partial charge in [-0.1, -0.05) is 6.07 Å². The predicted molar refractivity (Wildman–Crippen MR) is 120 cm³/mol. The first-order chi connectivity index (χ1) is 15.4. The molecule has 164 valence electrons. The Balaban J connectivity index is 1.73. The Hall–Kier alpha value is -3.43. The van der Waals surface area contributed by atoms with Crippen molar-refractivity contribution < 1.29 is 18.7 Å². The number of hydrogen-bond acceptors (Lipinski definition) is 6. The number of carbonyl (C=O) groups is 1. The monoisotopic (exact) mass is 453 g/mol. The Morgan fingerprint density at radius 2 is 1.97 bits per heavy atom. The van der Waals surface area contributed by atoms with Crippen molar-refractivity contribution in [1.82, 2.24) is 9.47 Å². The van der Waals surface area contributed by atoms with Crippen molar-refractivity contribution in [3.8, 4) is 11.5 Å². The molecule has 1 amide bonds. The lowest BCUT2D eigenvalue weighted by atomic mass is 10.1. The number of amides is 1. The molecule has 0 fully saturated rings. The molecule has 2 aliphatic heterocycles. The molecule has 0 saturated heterocycles. The van der Waals surface area contributed by atoms with Crippen molar-refractivity contribution in [3.63, 3.8) is 0 Å². The number of halogens is 1. The Labute approximate surface area is 186 Å². The van der Waals surface area contributed by atoms with Crippen LogP contribution in [0.4, 0.5) is 10.1 Å². The molecule has 0 unspecified atom stereocenters. The number of thiazole rings is 1. The Bertz CT molecular complexity index is 1420. The first-order valence-electron chi connectivity index (χ1n) is 10.0. The van der Waals surface area contributed by atoms with Gasteiger partial charge in [0.1, 0.15) is 10.5 Å². The van der Waals surface area contributed by atoms with E-state index in [1.165, 1.54) is 23.5 Å². The van der Waals surface area contributed by atoms with Gasteiger partial charge in [-0.25, -0.2) is 4.39 Å². The van der Waals surface area contributed by atoms with E-state index in [1.807, 2.05) is 31.1 Å². The summed E-state index contributed by atoms with van der Waals surface area (Å²) in [6.07, 6.45) is 1.78. The van der Waals surface area contributed by atoms with Gasteiger partial charge >= 0.3 is 0 Å². The maximum atomic E-state index is 13.7. The summed E-state index contributed by atoms with van der Waals surface area (Å²) in [6, 6.07) is 9.64. The lowest BCUT2D eigenvalue weighted by molar-refractivity contribution is -0.110. The first kappa shape index (κ1) is 20.5. The molecule has 0 bridgehead atoms. The molecule has 2 aromatic carbocycles. The van der Waals surface area contributed by atoms with Gasteiger partial charge in [-0.2, -0.15) is 0 Å². The molecule has 0 radical (unpaired) electrons. The molecule has 3 aromatic rings. The van der Waals surface area contributed by atoms with Gasteiger partial charge in [0, 0.05) is 18.7 Å². The van der Waals surface area contributed by atoms with Crippen molar-refractivity contribution >= 4 is 34.6 Å². The number of fused-ring (bicyclic) bond motifs is 2. The van der Waals surface area contributed by atoms with Crippen LogP contribution in [0.5, 0.6) is 11.5 Å². The molecular weight excluding hydrogens is 433 g/mol. The molecule has 0 atom stereocenters. The highest BCUT2D eigenvalue weighted by molar-refractivity contribution is 7.07. The Kier molecular flexibility index (Phi) is 5.07. The number of anilines is 1. The van der Waals surface area contributed by atoms with E-state index in [4.69, 9.17) is 9.47 Å². The second kappa shape index (κ2) is 7.92. The van der Waals surface area contributed by atoms with Crippen LogP contribution < -0.4 is 29.5 Å². The van der Waals surface area contributed by atoms with Crippen molar-refractivity contribution in [2.24, 2.45) is 0 Å². The summed E-state index contributed by atoms with van der Waals surface area (Å²) in [4.78, 5) is 28.1. The number of aromatic nitrogens is 1. The highest BCUT2D eigenvalue weighted by Gasteiger charge is 2.27. The van der Waals surface area contributed by atoms with E-state index in [2.05, 4.69) is 5.32 Å². The van der Waals surface area contributed by atoms with Crippen LogP contribution in [0.1, 0.15) is 11.1 Å². The van der Waals surface area contributed by atoms with E-state index in [0.717, 1.165) is 5.56 Å². The van der Waals surface area contributed by atoms with Crippen LogP contribution in [0.25, 0.3) is 11.6 Å². The third kappa shape index (κ3) is 3.59. The molecule has 0 saturated carbocycles. The van der Waals surface area contributed by atoms with Crippen molar-refractivity contribution in [2.75, 3.05) is 32.7 Å². The summed E-state index contributed by atoms with van der Waals surface area (Å²) in [5.41, 5.74) is 1.99. The molecule has 7 nitrogen and oxygen atoms in total. The van der Waals surface area contributed by atoms with E-state index in [-0.39, 0.29) is 18.3 Å². The zero-order valence-corrected chi connectivity index (χ0v) is 18.3. The number of ether oxygens (including phenoxy) is 2. The molecule has 1 N–H and O–H groups in total. The minimum absolute atomic E-state index is 0.173. The summed E-state index contributed by atoms with van der Waals surface area (Å²) in [6.45, 7) is 1.21. The molecular formula is C23H20FN3O4S. The van der Waals surface area contributed by atoms with Gasteiger partial charge in [-0.05, 0) is 56.1 Å². The number of rotatable bonds is 4. The lowest BCUT2D eigenvalue weighted by Crippen LogP contribution is -2.36. The normalized spacial score (nSPS) is 16.6. The average Bonchev–Trinajstić information content (AvgIpc) is 3.41. The summed E-state index contributed by atoms with van der Waals surface area (Å²) < 4.78 is 27.1. The van der Waals surface area contributed by atoms with Gasteiger partial charge < -0.3 is 19.7 Å². The summed E-state index contributed by atoms with van der Waals surface area (Å²) in [5.74, 6) is 0.516. The minimum Gasteiger partial charge on any atom is -0.454 e. The number of hydrogen-bond donors (Lipinski definition) is 1. The fraction of sp³-hybridized carbons (Fsp3) is 0.217. The highest BCUT2D eigenvalue weighted by Crippen LogP contribution is 2.33. The van der Waals surface area contributed by atoms with Crippen molar-refractivity contribution in [3.05, 3.63) is 72.9 Å². The molecule has 32 heavy (non-hydrogen) atoms. The molecule has 9 heteroatoms. The minimum atomic E-state index is -0.432. The quantitative estimate of drug-likeness (QED) is 0.645. The van der Waals surface area contributed by atoms with Crippen LogP contribution in [0.3, 0.4) is 0 Å². The van der Waals surface area contributed by atoms with Crippen LogP contribution >= 0.6 is 11.3 Å². The molecule has 1 aromatic heterocycles. The van der Waals surface area contributed by atoms with Crippen LogP contribution in [0.2, 0.25) is 0 Å².